The van der Waals surface area contributed by atoms with E-state index in [1.807, 2.05) is 6.92 Å². The van der Waals surface area contributed by atoms with Gasteiger partial charge in [0.05, 0.1) is 19.7 Å². The molecule has 0 rings (SSSR count). The average Bonchev–Trinajstić information content (AvgIpc) is 2.53. The summed E-state index contributed by atoms with van der Waals surface area (Å²) in [4.78, 5) is 46.5. The second-order valence-corrected chi connectivity index (χ2v) is 4.73. The molecule has 0 heterocycles. The lowest BCUT2D eigenvalue weighted by Crippen LogP contribution is -2.49. The highest BCUT2D eigenvalue weighted by Crippen LogP contribution is 1.98. The summed E-state index contributed by atoms with van der Waals surface area (Å²) in [6.45, 7) is 3.24. The monoisotopic (exact) mass is 315 g/mol. The van der Waals surface area contributed by atoms with Gasteiger partial charge in [-0.15, -0.1) is 0 Å². The van der Waals surface area contributed by atoms with Crippen molar-refractivity contribution in [3.05, 3.63) is 0 Å². The molecule has 22 heavy (non-hydrogen) atoms. The Morgan fingerprint density at radius 3 is 2.18 bits per heavy atom. The van der Waals surface area contributed by atoms with E-state index in [1.54, 1.807) is 14.0 Å². The van der Waals surface area contributed by atoms with Gasteiger partial charge in [-0.05, 0) is 19.9 Å². The summed E-state index contributed by atoms with van der Waals surface area (Å²) in [5.74, 6) is -2.56. The summed E-state index contributed by atoms with van der Waals surface area (Å²) in [7, 11) is 2.82. The number of methoxy groups -OCH3 is 1. The maximum absolute atomic E-state index is 11.8. The molecule has 0 aromatic carbocycles. The number of carbonyl (C=O) groups is 4. The second-order valence-electron chi connectivity index (χ2n) is 4.73. The number of ketones is 1. The molecule has 3 N–H and O–H groups in total. The number of amides is 2. The van der Waals surface area contributed by atoms with Gasteiger partial charge in [-0.3, -0.25) is 14.4 Å². The van der Waals surface area contributed by atoms with Crippen molar-refractivity contribution in [3.8, 4) is 0 Å². The minimum absolute atomic E-state index is 0.365. The van der Waals surface area contributed by atoms with Crippen LogP contribution in [0.2, 0.25) is 0 Å². The molecule has 0 radical (unpaired) electrons. The lowest BCUT2D eigenvalue weighted by Gasteiger charge is -2.15. The van der Waals surface area contributed by atoms with E-state index < -0.39 is 35.7 Å². The third-order valence-electron chi connectivity index (χ3n) is 3.10. The van der Waals surface area contributed by atoms with Crippen LogP contribution in [-0.2, 0) is 23.9 Å². The van der Waals surface area contributed by atoms with Gasteiger partial charge in [-0.1, -0.05) is 20.3 Å². The van der Waals surface area contributed by atoms with Gasteiger partial charge in [-0.25, -0.2) is 4.79 Å². The molecule has 2 amide bonds. The Morgan fingerprint density at radius 2 is 1.73 bits per heavy atom. The van der Waals surface area contributed by atoms with Crippen LogP contribution >= 0.6 is 0 Å². The van der Waals surface area contributed by atoms with Gasteiger partial charge in [0.15, 0.2) is 0 Å². The van der Waals surface area contributed by atoms with E-state index in [-0.39, 0.29) is 6.54 Å². The quantitative estimate of drug-likeness (QED) is 0.357. The fourth-order valence-corrected chi connectivity index (χ4v) is 1.82. The molecule has 0 aliphatic rings. The molecule has 8 nitrogen and oxygen atoms in total. The topological polar surface area (TPSA) is 114 Å². The van der Waals surface area contributed by atoms with Gasteiger partial charge in [-0.2, -0.15) is 0 Å². The first-order valence-electron chi connectivity index (χ1n) is 7.27. The Morgan fingerprint density at radius 1 is 1.09 bits per heavy atom. The summed E-state index contributed by atoms with van der Waals surface area (Å²) in [6.07, 6.45) is 1.65. The van der Waals surface area contributed by atoms with Crippen LogP contribution in [-0.4, -0.2) is 56.4 Å². The van der Waals surface area contributed by atoms with Crippen LogP contribution in [0.4, 0.5) is 0 Å². The first kappa shape index (κ1) is 20.0. The molecule has 0 aromatic heterocycles. The minimum atomic E-state index is -0.825. The fourth-order valence-electron chi connectivity index (χ4n) is 1.82. The van der Waals surface area contributed by atoms with Crippen molar-refractivity contribution in [2.45, 2.75) is 45.2 Å². The predicted molar refractivity (Wildman–Crippen MR) is 80.0 cm³/mol. The van der Waals surface area contributed by atoms with Crippen LogP contribution in [0, 0.1) is 0 Å². The number of rotatable bonds is 10. The number of nitrogens with one attached hydrogen (secondary N) is 3. The van der Waals surface area contributed by atoms with Crippen molar-refractivity contribution in [1.29, 1.82) is 0 Å². The van der Waals surface area contributed by atoms with E-state index in [4.69, 9.17) is 0 Å². The van der Waals surface area contributed by atoms with E-state index in [1.165, 1.54) is 7.11 Å². The molecule has 2 unspecified atom stereocenters. The summed E-state index contributed by atoms with van der Waals surface area (Å²) in [5.41, 5.74) is 0. The van der Waals surface area contributed by atoms with E-state index in [9.17, 15) is 19.2 Å². The summed E-state index contributed by atoms with van der Waals surface area (Å²) in [6, 6.07) is -1.33. The number of Topliss-reactive ketones (excluding diaryl/α,β-unsaturated/α-hetero) is 1. The third kappa shape index (κ3) is 6.66. The van der Waals surface area contributed by atoms with Gasteiger partial charge in [0.2, 0.25) is 11.7 Å². The van der Waals surface area contributed by atoms with Crippen molar-refractivity contribution in [2.24, 2.45) is 0 Å². The maximum Gasteiger partial charge on any atom is 0.328 e. The molecule has 0 saturated heterocycles. The van der Waals surface area contributed by atoms with Crippen molar-refractivity contribution in [2.75, 3.05) is 20.7 Å². The predicted octanol–water partition coefficient (Wildman–Crippen LogP) is -0.872. The Bertz CT molecular complexity index is 411. The van der Waals surface area contributed by atoms with Crippen LogP contribution < -0.4 is 16.0 Å². The van der Waals surface area contributed by atoms with Crippen LogP contribution in [0.5, 0.6) is 0 Å². The normalized spacial score (nSPS) is 12.9. The molecular formula is C14H25N3O5. The third-order valence-corrected chi connectivity index (χ3v) is 3.10. The first-order valence-corrected chi connectivity index (χ1v) is 7.27. The number of esters is 1. The minimum Gasteiger partial charge on any atom is -0.467 e. The lowest BCUT2D eigenvalue weighted by atomic mass is 10.1. The van der Waals surface area contributed by atoms with Crippen molar-refractivity contribution < 1.29 is 23.9 Å². The van der Waals surface area contributed by atoms with E-state index in [2.05, 4.69) is 20.7 Å². The largest absolute Gasteiger partial charge is 0.467 e. The standard InChI is InChI=1S/C14H25N3O5/c1-5-7-10(15-3)12(19)13(20)16-8-11(18)17-9(6-2)14(21)22-4/h9-10,15H,5-8H2,1-4H3,(H,16,20)(H,17,18). The van der Waals surface area contributed by atoms with E-state index in [0.29, 0.717) is 12.8 Å². The molecule has 0 fully saturated rings. The molecule has 0 bridgehead atoms. The Balaban J connectivity index is 4.36. The molecule has 2 atom stereocenters. The highest BCUT2D eigenvalue weighted by Gasteiger charge is 2.24. The number of likely N-dealkylation sites (N-methyl/N-ethyl adjacent to an activating group) is 1. The van der Waals surface area contributed by atoms with Gasteiger partial charge in [0.1, 0.15) is 6.04 Å². The molecule has 0 aliphatic carbocycles. The lowest BCUT2D eigenvalue weighted by molar-refractivity contribution is -0.145. The van der Waals surface area contributed by atoms with Gasteiger partial charge < -0.3 is 20.7 Å². The smallest absolute Gasteiger partial charge is 0.328 e. The Labute approximate surface area is 130 Å². The molecule has 0 saturated carbocycles. The zero-order chi connectivity index (χ0) is 17.1. The van der Waals surface area contributed by atoms with Crippen molar-refractivity contribution >= 4 is 23.6 Å². The molecule has 0 aromatic rings. The van der Waals surface area contributed by atoms with E-state index in [0.717, 1.165) is 6.42 Å². The fraction of sp³-hybridized carbons (Fsp3) is 0.714. The zero-order valence-corrected chi connectivity index (χ0v) is 13.5. The van der Waals surface area contributed by atoms with Crippen LogP contribution in [0.15, 0.2) is 0 Å². The SMILES string of the molecule is CCCC(NC)C(=O)C(=O)NCC(=O)NC(CC)C(=O)OC. The van der Waals surface area contributed by atoms with Gasteiger partial charge in [0.25, 0.3) is 5.91 Å². The summed E-state index contributed by atoms with van der Waals surface area (Å²) in [5, 5.41) is 7.44. The summed E-state index contributed by atoms with van der Waals surface area (Å²) < 4.78 is 4.54. The Kier molecular flexibility index (Phi) is 9.77. The molecule has 8 heteroatoms. The highest BCUT2D eigenvalue weighted by molar-refractivity contribution is 6.38. The highest BCUT2D eigenvalue weighted by atomic mass is 16.5. The Hall–Kier alpha value is -1.96. The number of carbonyl (C=O) groups excluding carboxylic acids is 4. The zero-order valence-electron chi connectivity index (χ0n) is 13.5. The maximum atomic E-state index is 11.8. The number of ether oxygens (including phenoxy) is 1. The van der Waals surface area contributed by atoms with Gasteiger partial charge >= 0.3 is 5.97 Å². The molecule has 126 valence electrons. The first-order chi connectivity index (χ1) is 10.4. The van der Waals surface area contributed by atoms with E-state index >= 15 is 0 Å². The summed E-state index contributed by atoms with van der Waals surface area (Å²) >= 11 is 0. The molecule has 0 aliphatic heterocycles. The second kappa shape index (κ2) is 10.7. The van der Waals surface area contributed by atoms with Gasteiger partial charge in [0, 0.05) is 0 Å². The number of hydrogen-bond acceptors (Lipinski definition) is 6. The van der Waals surface area contributed by atoms with Crippen LogP contribution in [0.25, 0.3) is 0 Å². The van der Waals surface area contributed by atoms with Crippen LogP contribution in [0.1, 0.15) is 33.1 Å². The van der Waals surface area contributed by atoms with Crippen molar-refractivity contribution in [1.82, 2.24) is 16.0 Å². The van der Waals surface area contributed by atoms with Crippen LogP contribution in [0.3, 0.4) is 0 Å². The average molecular weight is 315 g/mol. The molecule has 0 spiro atoms. The number of hydrogen-bond donors (Lipinski definition) is 3. The molecular weight excluding hydrogens is 290 g/mol. The van der Waals surface area contributed by atoms with Crippen molar-refractivity contribution in [3.63, 3.8) is 0 Å².